The lowest BCUT2D eigenvalue weighted by Crippen LogP contribution is -2.33. The summed E-state index contributed by atoms with van der Waals surface area (Å²) in [6.45, 7) is 3.17. The summed E-state index contributed by atoms with van der Waals surface area (Å²) in [5, 5.41) is 2.83. The Morgan fingerprint density at radius 2 is 2.00 bits per heavy atom. The SMILES string of the molecule is CC(=O)N(CCC(=O)NCc1cccnc1)c1ccc2c(c1)OCCO2. The summed E-state index contributed by atoms with van der Waals surface area (Å²) in [6.07, 6.45) is 3.59. The second-order valence-corrected chi connectivity index (χ2v) is 5.89. The minimum absolute atomic E-state index is 0.127. The summed E-state index contributed by atoms with van der Waals surface area (Å²) in [5.41, 5.74) is 1.61. The maximum absolute atomic E-state index is 12.1. The van der Waals surface area contributed by atoms with Crippen molar-refractivity contribution in [2.45, 2.75) is 19.9 Å². The average molecular weight is 355 g/mol. The van der Waals surface area contributed by atoms with Gasteiger partial charge in [-0.3, -0.25) is 14.6 Å². The molecule has 2 aromatic rings. The van der Waals surface area contributed by atoms with Gasteiger partial charge in [0, 0.05) is 50.6 Å². The standard InChI is InChI=1S/C19H21N3O4/c1-14(23)22(16-4-5-17-18(11-16)26-10-9-25-17)8-6-19(24)21-13-15-3-2-7-20-12-15/h2-5,7,11-12H,6,8-10,13H2,1H3,(H,21,24). The van der Waals surface area contributed by atoms with Crippen LogP contribution in [0.25, 0.3) is 0 Å². The summed E-state index contributed by atoms with van der Waals surface area (Å²) in [7, 11) is 0. The van der Waals surface area contributed by atoms with Crippen molar-refractivity contribution < 1.29 is 19.1 Å². The first-order chi connectivity index (χ1) is 12.6. The first-order valence-electron chi connectivity index (χ1n) is 8.47. The van der Waals surface area contributed by atoms with Crippen molar-refractivity contribution in [2.24, 2.45) is 0 Å². The zero-order valence-electron chi connectivity index (χ0n) is 14.6. The highest BCUT2D eigenvalue weighted by Crippen LogP contribution is 2.34. The van der Waals surface area contributed by atoms with Crippen LogP contribution in [0.4, 0.5) is 5.69 Å². The number of rotatable bonds is 6. The Hall–Kier alpha value is -3.09. The molecular formula is C19H21N3O4. The van der Waals surface area contributed by atoms with Crippen molar-refractivity contribution in [2.75, 3.05) is 24.7 Å². The molecule has 2 heterocycles. The van der Waals surface area contributed by atoms with Crippen molar-refractivity contribution in [3.63, 3.8) is 0 Å². The molecular weight excluding hydrogens is 334 g/mol. The van der Waals surface area contributed by atoms with Gasteiger partial charge in [-0.2, -0.15) is 0 Å². The molecule has 0 unspecified atom stereocenters. The molecule has 1 aromatic heterocycles. The fourth-order valence-electron chi connectivity index (χ4n) is 2.67. The molecule has 0 bridgehead atoms. The molecule has 1 N–H and O–H groups in total. The molecule has 7 nitrogen and oxygen atoms in total. The third-order valence-electron chi connectivity index (χ3n) is 3.99. The molecule has 136 valence electrons. The monoisotopic (exact) mass is 355 g/mol. The highest BCUT2D eigenvalue weighted by Gasteiger charge is 2.18. The van der Waals surface area contributed by atoms with Gasteiger partial charge in [0.05, 0.1) is 0 Å². The minimum atomic E-state index is -0.137. The third-order valence-corrected chi connectivity index (χ3v) is 3.99. The minimum Gasteiger partial charge on any atom is -0.486 e. The van der Waals surface area contributed by atoms with E-state index >= 15 is 0 Å². The molecule has 1 aliphatic heterocycles. The molecule has 0 fully saturated rings. The normalized spacial score (nSPS) is 12.3. The predicted octanol–water partition coefficient (Wildman–Crippen LogP) is 1.91. The van der Waals surface area contributed by atoms with Gasteiger partial charge in [0.15, 0.2) is 11.5 Å². The van der Waals surface area contributed by atoms with Gasteiger partial charge in [-0.25, -0.2) is 0 Å². The fraction of sp³-hybridized carbons (Fsp3) is 0.316. The van der Waals surface area contributed by atoms with Crippen LogP contribution in [-0.4, -0.2) is 36.6 Å². The van der Waals surface area contributed by atoms with Crippen LogP contribution in [0.1, 0.15) is 18.9 Å². The van der Waals surface area contributed by atoms with Crippen LogP contribution >= 0.6 is 0 Å². The molecule has 1 aliphatic rings. The maximum atomic E-state index is 12.1. The second-order valence-electron chi connectivity index (χ2n) is 5.89. The number of benzene rings is 1. The van der Waals surface area contributed by atoms with E-state index in [1.54, 1.807) is 35.5 Å². The Bertz CT molecular complexity index is 780. The molecule has 0 radical (unpaired) electrons. The van der Waals surface area contributed by atoms with E-state index in [4.69, 9.17) is 9.47 Å². The van der Waals surface area contributed by atoms with E-state index in [0.29, 0.717) is 36.9 Å². The summed E-state index contributed by atoms with van der Waals surface area (Å²) in [5.74, 6) is 1.01. The summed E-state index contributed by atoms with van der Waals surface area (Å²) in [4.78, 5) is 29.7. The number of nitrogens with zero attached hydrogens (tertiary/aromatic N) is 2. The molecule has 0 saturated carbocycles. The number of pyridine rings is 1. The Kier molecular flexibility index (Phi) is 5.68. The molecule has 1 aromatic carbocycles. The van der Waals surface area contributed by atoms with Crippen LogP contribution in [0.3, 0.4) is 0 Å². The first-order valence-corrected chi connectivity index (χ1v) is 8.47. The molecule has 0 aliphatic carbocycles. The fourth-order valence-corrected chi connectivity index (χ4v) is 2.67. The van der Waals surface area contributed by atoms with Gasteiger partial charge in [-0.15, -0.1) is 0 Å². The number of nitrogens with one attached hydrogen (secondary N) is 1. The Balaban J connectivity index is 1.58. The topological polar surface area (TPSA) is 80.8 Å². The number of carbonyl (C=O) groups is 2. The van der Waals surface area contributed by atoms with Crippen molar-refractivity contribution in [3.05, 3.63) is 48.3 Å². The van der Waals surface area contributed by atoms with E-state index in [1.807, 2.05) is 12.1 Å². The lowest BCUT2D eigenvalue weighted by molar-refractivity contribution is -0.121. The van der Waals surface area contributed by atoms with Gasteiger partial charge in [0.1, 0.15) is 13.2 Å². The zero-order valence-corrected chi connectivity index (χ0v) is 14.6. The molecule has 2 amide bonds. The number of hydrogen-bond acceptors (Lipinski definition) is 5. The van der Waals surface area contributed by atoms with Crippen LogP contribution in [-0.2, 0) is 16.1 Å². The van der Waals surface area contributed by atoms with Crippen molar-refractivity contribution >= 4 is 17.5 Å². The van der Waals surface area contributed by atoms with Crippen molar-refractivity contribution in [3.8, 4) is 11.5 Å². The molecule has 7 heteroatoms. The maximum Gasteiger partial charge on any atom is 0.223 e. The van der Waals surface area contributed by atoms with Gasteiger partial charge in [0.25, 0.3) is 0 Å². The van der Waals surface area contributed by atoms with Gasteiger partial charge >= 0.3 is 0 Å². The van der Waals surface area contributed by atoms with E-state index < -0.39 is 0 Å². The number of amides is 2. The summed E-state index contributed by atoms with van der Waals surface area (Å²) >= 11 is 0. The van der Waals surface area contributed by atoms with Crippen molar-refractivity contribution in [1.82, 2.24) is 10.3 Å². The number of aromatic nitrogens is 1. The number of ether oxygens (including phenoxy) is 2. The average Bonchev–Trinajstić information content (AvgIpc) is 2.67. The van der Waals surface area contributed by atoms with Gasteiger partial charge in [0.2, 0.25) is 11.8 Å². The highest BCUT2D eigenvalue weighted by atomic mass is 16.6. The summed E-state index contributed by atoms with van der Waals surface area (Å²) in [6, 6.07) is 9.05. The number of anilines is 1. The molecule has 0 saturated heterocycles. The zero-order chi connectivity index (χ0) is 18.4. The Morgan fingerprint density at radius 1 is 1.19 bits per heavy atom. The van der Waals surface area contributed by atoms with E-state index in [1.165, 1.54) is 6.92 Å². The molecule has 0 spiro atoms. The second kappa shape index (κ2) is 8.33. The van der Waals surface area contributed by atoms with E-state index in [2.05, 4.69) is 10.3 Å². The van der Waals surface area contributed by atoms with Crippen LogP contribution < -0.4 is 19.7 Å². The quantitative estimate of drug-likeness (QED) is 0.856. The lowest BCUT2D eigenvalue weighted by atomic mass is 10.2. The largest absolute Gasteiger partial charge is 0.486 e. The first kappa shape index (κ1) is 17.7. The van der Waals surface area contributed by atoms with Crippen LogP contribution in [0.5, 0.6) is 11.5 Å². The molecule has 0 atom stereocenters. The third kappa shape index (κ3) is 4.50. The van der Waals surface area contributed by atoms with Crippen LogP contribution in [0.2, 0.25) is 0 Å². The van der Waals surface area contributed by atoms with E-state index in [9.17, 15) is 9.59 Å². The number of hydrogen-bond donors (Lipinski definition) is 1. The molecule has 3 rings (SSSR count). The highest BCUT2D eigenvalue weighted by molar-refractivity contribution is 5.92. The van der Waals surface area contributed by atoms with Crippen LogP contribution in [0.15, 0.2) is 42.7 Å². The summed E-state index contributed by atoms with van der Waals surface area (Å²) < 4.78 is 11.1. The lowest BCUT2D eigenvalue weighted by Gasteiger charge is -2.24. The van der Waals surface area contributed by atoms with Crippen LogP contribution in [0, 0.1) is 0 Å². The van der Waals surface area contributed by atoms with Gasteiger partial charge < -0.3 is 19.7 Å². The number of fused-ring (bicyclic) bond motifs is 1. The molecule has 26 heavy (non-hydrogen) atoms. The van der Waals surface area contributed by atoms with Crippen molar-refractivity contribution in [1.29, 1.82) is 0 Å². The smallest absolute Gasteiger partial charge is 0.223 e. The Morgan fingerprint density at radius 3 is 2.73 bits per heavy atom. The van der Waals surface area contributed by atoms with E-state index in [-0.39, 0.29) is 24.8 Å². The van der Waals surface area contributed by atoms with Gasteiger partial charge in [-0.1, -0.05) is 6.07 Å². The predicted molar refractivity (Wildman–Crippen MR) is 96.2 cm³/mol. The van der Waals surface area contributed by atoms with Gasteiger partial charge in [-0.05, 0) is 23.8 Å². The Labute approximate surface area is 151 Å². The van der Waals surface area contributed by atoms with E-state index in [0.717, 1.165) is 5.56 Å². The number of carbonyl (C=O) groups excluding carboxylic acids is 2.